The number of thioether (sulfide) groups is 1. The minimum absolute atomic E-state index is 0.601. The van der Waals surface area contributed by atoms with Crippen LogP contribution in [0.3, 0.4) is 0 Å². The van der Waals surface area contributed by atoms with Crippen LogP contribution in [0.5, 0.6) is 0 Å². The van der Waals surface area contributed by atoms with Crippen molar-refractivity contribution >= 4 is 11.8 Å². The summed E-state index contributed by atoms with van der Waals surface area (Å²) >= 11 is 2.05. The molecule has 1 aliphatic carbocycles. The number of hydrogen-bond donors (Lipinski definition) is 0. The molecule has 1 aromatic carbocycles. The van der Waals surface area contributed by atoms with E-state index < -0.39 is 0 Å². The van der Waals surface area contributed by atoms with Gasteiger partial charge in [0, 0.05) is 16.1 Å². The van der Waals surface area contributed by atoms with Gasteiger partial charge in [0.25, 0.3) is 0 Å². The average molecular weight is 242 g/mol. The maximum Gasteiger partial charge on any atom is 0.0381 e. The Bertz CT molecular complexity index is 484. The van der Waals surface area contributed by atoms with E-state index in [9.17, 15) is 0 Å². The van der Waals surface area contributed by atoms with Gasteiger partial charge >= 0.3 is 0 Å². The van der Waals surface area contributed by atoms with Gasteiger partial charge < -0.3 is 0 Å². The third-order valence-electron chi connectivity index (χ3n) is 3.92. The summed E-state index contributed by atoms with van der Waals surface area (Å²) in [5.41, 5.74) is 3.09. The van der Waals surface area contributed by atoms with Gasteiger partial charge in [-0.05, 0) is 23.5 Å². The van der Waals surface area contributed by atoms with Crippen molar-refractivity contribution < 1.29 is 0 Å². The number of benzene rings is 1. The molecule has 1 heteroatoms. The third-order valence-corrected chi connectivity index (χ3v) is 5.35. The lowest BCUT2D eigenvalue weighted by Crippen LogP contribution is -2.06. The van der Waals surface area contributed by atoms with Crippen LogP contribution in [0.15, 0.2) is 47.4 Å². The zero-order valence-electron chi connectivity index (χ0n) is 10.4. The van der Waals surface area contributed by atoms with Crippen LogP contribution in [0.4, 0.5) is 0 Å². The van der Waals surface area contributed by atoms with Gasteiger partial charge in [-0.3, -0.25) is 0 Å². The van der Waals surface area contributed by atoms with Gasteiger partial charge in [0.2, 0.25) is 0 Å². The number of fused-ring (bicyclic) bond motifs is 3. The Hall–Kier alpha value is -0.950. The molecule has 3 atom stereocenters. The zero-order chi connectivity index (χ0) is 11.8. The highest BCUT2D eigenvalue weighted by molar-refractivity contribution is 8.00. The summed E-state index contributed by atoms with van der Waals surface area (Å²) in [6.45, 7) is 4.61. The first kappa shape index (κ1) is 11.2. The lowest BCUT2D eigenvalue weighted by molar-refractivity contribution is 0.715. The van der Waals surface area contributed by atoms with Crippen molar-refractivity contribution in [2.24, 2.45) is 0 Å². The summed E-state index contributed by atoms with van der Waals surface area (Å²) in [7, 11) is 0. The van der Waals surface area contributed by atoms with E-state index in [4.69, 9.17) is 0 Å². The molecule has 0 fully saturated rings. The summed E-state index contributed by atoms with van der Waals surface area (Å²) < 4.78 is 0. The van der Waals surface area contributed by atoms with Crippen LogP contribution in [0.1, 0.15) is 43.2 Å². The molecule has 0 N–H and O–H groups in total. The first-order valence-corrected chi connectivity index (χ1v) is 7.33. The van der Waals surface area contributed by atoms with E-state index in [-0.39, 0.29) is 0 Å². The maximum absolute atomic E-state index is 2.35. The lowest BCUT2D eigenvalue weighted by Gasteiger charge is -2.14. The topological polar surface area (TPSA) is 0 Å². The number of rotatable bonds is 2. The van der Waals surface area contributed by atoms with Crippen LogP contribution in [-0.2, 0) is 0 Å². The molecular weight excluding hydrogens is 224 g/mol. The van der Waals surface area contributed by atoms with Crippen molar-refractivity contribution in [1.29, 1.82) is 0 Å². The predicted octanol–water partition coefficient (Wildman–Crippen LogP) is 4.88. The van der Waals surface area contributed by atoms with Crippen molar-refractivity contribution in [3.63, 3.8) is 0 Å². The number of hydrogen-bond acceptors (Lipinski definition) is 1. The highest BCUT2D eigenvalue weighted by Crippen LogP contribution is 2.50. The second kappa shape index (κ2) is 4.38. The van der Waals surface area contributed by atoms with Gasteiger partial charge in [0.1, 0.15) is 0 Å². The second-order valence-corrected chi connectivity index (χ2v) is 6.14. The minimum atomic E-state index is 0.601. The molecule has 0 radical (unpaired) electrons. The quantitative estimate of drug-likeness (QED) is 0.712. The molecule has 0 aromatic heterocycles. The molecule has 1 aromatic rings. The van der Waals surface area contributed by atoms with Crippen molar-refractivity contribution in [2.75, 3.05) is 0 Å². The average Bonchev–Trinajstić information content (AvgIpc) is 2.76. The molecule has 0 saturated heterocycles. The van der Waals surface area contributed by atoms with E-state index in [0.717, 1.165) is 0 Å². The number of allylic oxidation sites excluding steroid dienone is 3. The molecule has 88 valence electrons. The normalized spacial score (nSPS) is 26.7. The van der Waals surface area contributed by atoms with Crippen molar-refractivity contribution in [3.8, 4) is 0 Å². The summed E-state index contributed by atoms with van der Waals surface area (Å²) in [5.74, 6) is 1.27. The molecule has 2 aliphatic rings. The second-order valence-electron chi connectivity index (χ2n) is 4.95. The van der Waals surface area contributed by atoms with Gasteiger partial charge in [0.05, 0.1) is 0 Å². The Morgan fingerprint density at radius 2 is 2.06 bits per heavy atom. The molecule has 3 unspecified atom stereocenters. The fraction of sp³-hybridized carbons (Fsp3) is 0.375. The minimum Gasteiger partial charge on any atom is -0.117 e. The SMILES string of the molecule is CCC(C)c1cccc2c1SC1C=CC=CC21. The molecule has 0 amide bonds. The van der Waals surface area contributed by atoms with E-state index in [1.54, 1.807) is 16.0 Å². The fourth-order valence-corrected chi connectivity index (χ4v) is 4.27. The van der Waals surface area contributed by atoms with Crippen LogP contribution in [0.2, 0.25) is 0 Å². The van der Waals surface area contributed by atoms with Gasteiger partial charge in [0.15, 0.2) is 0 Å². The Morgan fingerprint density at radius 1 is 1.24 bits per heavy atom. The highest BCUT2D eigenvalue weighted by atomic mass is 32.2. The fourth-order valence-electron chi connectivity index (χ4n) is 2.70. The van der Waals surface area contributed by atoms with E-state index in [1.807, 2.05) is 0 Å². The Labute approximate surface area is 108 Å². The van der Waals surface area contributed by atoms with Gasteiger partial charge in [-0.15, -0.1) is 11.8 Å². The predicted molar refractivity (Wildman–Crippen MR) is 75.8 cm³/mol. The molecule has 0 nitrogen and oxygen atoms in total. The summed E-state index contributed by atoms with van der Waals surface area (Å²) in [6.07, 6.45) is 10.3. The van der Waals surface area contributed by atoms with E-state index >= 15 is 0 Å². The standard InChI is InChI=1S/C16H18S/c1-3-11(2)12-8-6-9-14-13-7-4-5-10-15(13)17-16(12)14/h4-11,13,15H,3H2,1-2H3. The van der Waals surface area contributed by atoms with Gasteiger partial charge in [-0.25, -0.2) is 0 Å². The first-order valence-electron chi connectivity index (χ1n) is 6.45. The van der Waals surface area contributed by atoms with E-state index in [0.29, 0.717) is 17.1 Å². The van der Waals surface area contributed by atoms with Gasteiger partial charge in [-0.1, -0.05) is 56.4 Å². The largest absolute Gasteiger partial charge is 0.117 e. The zero-order valence-corrected chi connectivity index (χ0v) is 11.2. The highest BCUT2D eigenvalue weighted by Gasteiger charge is 2.32. The van der Waals surface area contributed by atoms with Gasteiger partial charge in [-0.2, -0.15) is 0 Å². The smallest absolute Gasteiger partial charge is 0.0381 e. The molecule has 0 bridgehead atoms. The molecule has 0 saturated carbocycles. The van der Waals surface area contributed by atoms with Crippen LogP contribution in [-0.4, -0.2) is 5.25 Å². The van der Waals surface area contributed by atoms with Crippen LogP contribution < -0.4 is 0 Å². The van der Waals surface area contributed by atoms with Crippen molar-refractivity contribution in [2.45, 2.75) is 42.2 Å². The summed E-state index contributed by atoms with van der Waals surface area (Å²) in [6, 6.07) is 6.85. The van der Waals surface area contributed by atoms with Crippen LogP contribution in [0.25, 0.3) is 0 Å². The molecular formula is C16H18S. The Morgan fingerprint density at radius 3 is 2.88 bits per heavy atom. The molecule has 17 heavy (non-hydrogen) atoms. The maximum atomic E-state index is 2.35. The molecule has 0 spiro atoms. The van der Waals surface area contributed by atoms with Crippen molar-refractivity contribution in [1.82, 2.24) is 0 Å². The third kappa shape index (κ3) is 1.77. The Balaban J connectivity index is 2.07. The molecule has 3 rings (SSSR count). The molecule has 1 heterocycles. The van der Waals surface area contributed by atoms with Crippen LogP contribution in [0, 0.1) is 0 Å². The monoisotopic (exact) mass is 242 g/mol. The van der Waals surface area contributed by atoms with Crippen LogP contribution >= 0.6 is 11.8 Å². The van der Waals surface area contributed by atoms with Crippen molar-refractivity contribution in [3.05, 3.63) is 53.6 Å². The van der Waals surface area contributed by atoms with E-state index in [1.165, 1.54) is 6.42 Å². The molecule has 1 aliphatic heterocycles. The van der Waals surface area contributed by atoms with E-state index in [2.05, 4.69) is 68.1 Å². The Kier molecular flexibility index (Phi) is 2.87. The first-order chi connectivity index (χ1) is 8.31. The summed E-state index contributed by atoms with van der Waals surface area (Å²) in [5, 5.41) is 0.625. The lowest BCUT2D eigenvalue weighted by atomic mass is 9.89. The summed E-state index contributed by atoms with van der Waals surface area (Å²) in [4.78, 5) is 1.55.